The standard InChI is InChI=1S/C15H34N2O4/c1-3-9-19-10-7-16-5-6-17-8-11-20-14-15-21-13-12-18-4-2/h16-17H,3-15H2,1-2H3. The highest BCUT2D eigenvalue weighted by Crippen LogP contribution is 1.80. The van der Waals surface area contributed by atoms with Gasteiger partial charge in [0.05, 0.1) is 39.6 Å². The summed E-state index contributed by atoms with van der Waals surface area (Å²) in [6.45, 7) is 13.5. The highest BCUT2D eigenvalue weighted by atomic mass is 16.5. The van der Waals surface area contributed by atoms with Crippen molar-refractivity contribution in [3.63, 3.8) is 0 Å². The highest BCUT2D eigenvalue weighted by Gasteiger charge is 1.92. The van der Waals surface area contributed by atoms with Crippen LogP contribution in [0.3, 0.4) is 0 Å². The van der Waals surface area contributed by atoms with Crippen LogP contribution in [0.4, 0.5) is 0 Å². The van der Waals surface area contributed by atoms with E-state index in [0.29, 0.717) is 33.0 Å². The second-order valence-electron chi connectivity index (χ2n) is 4.53. The van der Waals surface area contributed by atoms with Gasteiger partial charge in [-0.1, -0.05) is 6.92 Å². The molecule has 0 fully saturated rings. The van der Waals surface area contributed by atoms with E-state index in [1.54, 1.807) is 0 Å². The van der Waals surface area contributed by atoms with E-state index in [9.17, 15) is 0 Å². The Balaban J connectivity index is 2.90. The van der Waals surface area contributed by atoms with Crippen LogP contribution in [0.25, 0.3) is 0 Å². The summed E-state index contributed by atoms with van der Waals surface area (Å²) in [4.78, 5) is 0. The molecule has 0 saturated carbocycles. The number of rotatable bonds is 18. The van der Waals surface area contributed by atoms with Gasteiger partial charge < -0.3 is 29.6 Å². The van der Waals surface area contributed by atoms with Crippen LogP contribution in [0.15, 0.2) is 0 Å². The minimum absolute atomic E-state index is 0.631. The SMILES string of the molecule is CCCOCCNCCNCCOCCOCCOCC. The van der Waals surface area contributed by atoms with E-state index in [0.717, 1.165) is 52.4 Å². The zero-order valence-electron chi connectivity index (χ0n) is 13.8. The maximum absolute atomic E-state index is 5.44. The summed E-state index contributed by atoms with van der Waals surface area (Å²) in [5.41, 5.74) is 0. The maximum atomic E-state index is 5.44. The molecule has 0 saturated heterocycles. The van der Waals surface area contributed by atoms with Crippen molar-refractivity contribution >= 4 is 0 Å². The summed E-state index contributed by atoms with van der Waals surface area (Å²) < 4.78 is 21.3. The second-order valence-corrected chi connectivity index (χ2v) is 4.53. The molecular weight excluding hydrogens is 272 g/mol. The first-order chi connectivity index (χ1) is 10.4. The molecule has 6 nitrogen and oxygen atoms in total. The van der Waals surface area contributed by atoms with Gasteiger partial charge in [-0.15, -0.1) is 0 Å². The molecule has 0 atom stereocenters. The van der Waals surface area contributed by atoms with Crippen LogP contribution in [0.5, 0.6) is 0 Å². The Kier molecular flexibility index (Phi) is 19.5. The predicted octanol–water partition coefficient (Wildman–Crippen LogP) is 0.662. The Morgan fingerprint density at radius 3 is 1.52 bits per heavy atom. The van der Waals surface area contributed by atoms with Crippen molar-refractivity contribution < 1.29 is 18.9 Å². The molecule has 21 heavy (non-hydrogen) atoms. The molecule has 0 spiro atoms. The zero-order chi connectivity index (χ0) is 15.4. The summed E-state index contributed by atoms with van der Waals surface area (Å²) in [5.74, 6) is 0. The maximum Gasteiger partial charge on any atom is 0.0701 e. The second kappa shape index (κ2) is 19.8. The van der Waals surface area contributed by atoms with Gasteiger partial charge in [-0.25, -0.2) is 0 Å². The number of hydrogen-bond donors (Lipinski definition) is 2. The fraction of sp³-hybridized carbons (Fsp3) is 1.00. The minimum Gasteiger partial charge on any atom is -0.380 e. The van der Waals surface area contributed by atoms with E-state index in [1.807, 2.05) is 6.92 Å². The van der Waals surface area contributed by atoms with E-state index in [-0.39, 0.29) is 0 Å². The number of ether oxygens (including phenoxy) is 4. The number of nitrogens with one attached hydrogen (secondary N) is 2. The lowest BCUT2D eigenvalue weighted by Crippen LogP contribution is -2.31. The Bertz CT molecular complexity index is 167. The van der Waals surface area contributed by atoms with Crippen LogP contribution in [0.1, 0.15) is 20.3 Å². The average Bonchev–Trinajstić information content (AvgIpc) is 2.50. The third-order valence-electron chi connectivity index (χ3n) is 2.62. The molecule has 128 valence electrons. The summed E-state index contributed by atoms with van der Waals surface area (Å²) in [5, 5.41) is 6.64. The fourth-order valence-electron chi connectivity index (χ4n) is 1.55. The molecule has 0 rings (SSSR count). The summed E-state index contributed by atoms with van der Waals surface area (Å²) in [6, 6.07) is 0. The van der Waals surface area contributed by atoms with E-state index in [1.165, 1.54) is 0 Å². The third-order valence-corrected chi connectivity index (χ3v) is 2.62. The molecule has 0 aliphatic rings. The lowest BCUT2D eigenvalue weighted by atomic mass is 10.5. The lowest BCUT2D eigenvalue weighted by Gasteiger charge is -2.08. The molecule has 0 aromatic heterocycles. The van der Waals surface area contributed by atoms with Crippen LogP contribution < -0.4 is 10.6 Å². The molecule has 0 bridgehead atoms. The smallest absolute Gasteiger partial charge is 0.0701 e. The van der Waals surface area contributed by atoms with E-state index in [4.69, 9.17) is 18.9 Å². The molecule has 6 heteroatoms. The van der Waals surface area contributed by atoms with Gasteiger partial charge >= 0.3 is 0 Å². The molecule has 0 radical (unpaired) electrons. The van der Waals surface area contributed by atoms with Crippen molar-refractivity contribution in [3.8, 4) is 0 Å². The first-order valence-corrected chi connectivity index (χ1v) is 8.14. The lowest BCUT2D eigenvalue weighted by molar-refractivity contribution is 0.0176. The quantitative estimate of drug-likeness (QED) is 0.363. The normalized spacial score (nSPS) is 11.1. The molecule has 0 amide bonds. The summed E-state index contributed by atoms with van der Waals surface area (Å²) in [7, 11) is 0. The topological polar surface area (TPSA) is 61.0 Å². The van der Waals surface area contributed by atoms with E-state index < -0.39 is 0 Å². The average molecular weight is 306 g/mol. The first-order valence-electron chi connectivity index (χ1n) is 8.14. The predicted molar refractivity (Wildman–Crippen MR) is 85.0 cm³/mol. The van der Waals surface area contributed by atoms with Crippen molar-refractivity contribution in [2.45, 2.75) is 20.3 Å². The van der Waals surface area contributed by atoms with Crippen LogP contribution in [0, 0.1) is 0 Å². The van der Waals surface area contributed by atoms with Crippen LogP contribution in [-0.2, 0) is 18.9 Å². The van der Waals surface area contributed by atoms with Gasteiger partial charge in [-0.2, -0.15) is 0 Å². The molecule has 0 aliphatic heterocycles. The molecule has 0 aromatic rings. The fourth-order valence-corrected chi connectivity index (χ4v) is 1.55. The van der Waals surface area contributed by atoms with E-state index in [2.05, 4.69) is 17.6 Å². The van der Waals surface area contributed by atoms with Crippen LogP contribution >= 0.6 is 0 Å². The molecule has 2 N–H and O–H groups in total. The van der Waals surface area contributed by atoms with Crippen LogP contribution in [0.2, 0.25) is 0 Å². The van der Waals surface area contributed by atoms with Crippen molar-refractivity contribution in [3.05, 3.63) is 0 Å². The molecule has 0 aliphatic carbocycles. The molecular formula is C15H34N2O4. The third kappa shape index (κ3) is 19.8. The van der Waals surface area contributed by atoms with Gasteiger partial charge in [0.15, 0.2) is 0 Å². The van der Waals surface area contributed by atoms with Crippen molar-refractivity contribution in [2.75, 3.05) is 79.0 Å². The Labute approximate surface area is 129 Å². The van der Waals surface area contributed by atoms with E-state index >= 15 is 0 Å². The monoisotopic (exact) mass is 306 g/mol. The molecule has 0 aromatic carbocycles. The van der Waals surface area contributed by atoms with Gasteiger partial charge in [0.25, 0.3) is 0 Å². The highest BCUT2D eigenvalue weighted by molar-refractivity contribution is 4.51. The Hall–Kier alpha value is -0.240. The van der Waals surface area contributed by atoms with Crippen molar-refractivity contribution in [1.29, 1.82) is 0 Å². The summed E-state index contributed by atoms with van der Waals surface area (Å²) in [6.07, 6.45) is 1.08. The summed E-state index contributed by atoms with van der Waals surface area (Å²) >= 11 is 0. The van der Waals surface area contributed by atoms with Gasteiger partial charge in [0.1, 0.15) is 0 Å². The van der Waals surface area contributed by atoms with Crippen molar-refractivity contribution in [2.24, 2.45) is 0 Å². The Morgan fingerprint density at radius 1 is 0.524 bits per heavy atom. The van der Waals surface area contributed by atoms with Gasteiger partial charge in [0.2, 0.25) is 0 Å². The largest absolute Gasteiger partial charge is 0.380 e. The molecule has 0 heterocycles. The van der Waals surface area contributed by atoms with Gasteiger partial charge in [-0.05, 0) is 13.3 Å². The van der Waals surface area contributed by atoms with Gasteiger partial charge in [-0.3, -0.25) is 0 Å². The zero-order valence-corrected chi connectivity index (χ0v) is 13.8. The van der Waals surface area contributed by atoms with Gasteiger partial charge in [0, 0.05) is 39.4 Å². The Morgan fingerprint density at radius 2 is 1.00 bits per heavy atom. The first kappa shape index (κ1) is 20.8. The van der Waals surface area contributed by atoms with Crippen molar-refractivity contribution in [1.82, 2.24) is 10.6 Å². The number of hydrogen-bond acceptors (Lipinski definition) is 6. The minimum atomic E-state index is 0.631. The molecule has 0 unspecified atom stereocenters. The van der Waals surface area contributed by atoms with Crippen LogP contribution in [-0.4, -0.2) is 79.0 Å².